The van der Waals surface area contributed by atoms with Crippen molar-refractivity contribution in [3.05, 3.63) is 0 Å². The van der Waals surface area contributed by atoms with Gasteiger partial charge in [-0.25, -0.2) is 0 Å². The van der Waals surface area contributed by atoms with Gasteiger partial charge < -0.3 is 9.84 Å². The van der Waals surface area contributed by atoms with E-state index in [-0.39, 0.29) is 25.3 Å². The van der Waals surface area contributed by atoms with Crippen LogP contribution in [0.3, 0.4) is 0 Å². The Labute approximate surface area is 90.2 Å². The average Bonchev–Trinajstić information content (AvgIpc) is 2.87. The fraction of sp³-hybridized carbons (Fsp3) is 1.00. The molecule has 0 saturated heterocycles. The molecule has 1 atom stereocenters. The van der Waals surface area contributed by atoms with Crippen molar-refractivity contribution in [2.24, 2.45) is 0 Å². The van der Waals surface area contributed by atoms with E-state index >= 15 is 0 Å². The number of rotatable bonds is 8. The number of aliphatic hydroxyl groups excluding tert-OH is 1. The second-order valence-electron chi connectivity index (χ2n) is 3.68. The molecule has 1 saturated carbocycles. The lowest BCUT2D eigenvalue weighted by Gasteiger charge is -2.16. The van der Waals surface area contributed by atoms with Crippen LogP contribution in [0.25, 0.3) is 0 Å². The molecule has 0 aromatic heterocycles. The maximum absolute atomic E-state index is 11.5. The third-order valence-electron chi connectivity index (χ3n) is 2.07. The Morgan fingerprint density at radius 1 is 1.53 bits per heavy atom. The van der Waals surface area contributed by atoms with Crippen LogP contribution >= 0.6 is 0 Å². The predicted octanol–water partition coefficient (Wildman–Crippen LogP) is -1.03. The molecular weight excluding hydrogens is 220 g/mol. The number of nitrogens with one attached hydrogen (secondary N) is 2. The minimum Gasteiger partial charge on any atom is -0.396 e. The van der Waals surface area contributed by atoms with Crippen molar-refractivity contribution in [2.75, 3.05) is 20.3 Å². The first-order valence-corrected chi connectivity index (χ1v) is 6.45. The van der Waals surface area contributed by atoms with E-state index in [1.807, 2.05) is 0 Å². The first-order valence-electron chi connectivity index (χ1n) is 4.97. The number of methoxy groups -OCH3 is 1. The van der Waals surface area contributed by atoms with Crippen molar-refractivity contribution in [1.29, 1.82) is 0 Å². The van der Waals surface area contributed by atoms with Crippen molar-refractivity contribution < 1.29 is 18.3 Å². The highest BCUT2D eigenvalue weighted by molar-refractivity contribution is 7.87. The third kappa shape index (κ3) is 5.43. The molecular formula is C8H18N2O4S. The summed E-state index contributed by atoms with van der Waals surface area (Å²) in [5, 5.41) is 8.74. The van der Waals surface area contributed by atoms with Crippen molar-refractivity contribution in [3.8, 4) is 0 Å². The molecule has 7 heteroatoms. The molecule has 1 aliphatic carbocycles. The Balaban J connectivity index is 2.39. The van der Waals surface area contributed by atoms with Crippen LogP contribution in [0.4, 0.5) is 0 Å². The standard InChI is InChI=1S/C8H18N2O4S/c1-14-6-8(4-5-11)10-15(12,13)9-7-2-3-7/h7-11H,2-6H2,1H3. The predicted molar refractivity (Wildman–Crippen MR) is 55.6 cm³/mol. The molecule has 0 aromatic carbocycles. The van der Waals surface area contributed by atoms with Gasteiger partial charge in [-0.05, 0) is 19.3 Å². The molecule has 0 heterocycles. The average molecular weight is 238 g/mol. The summed E-state index contributed by atoms with van der Waals surface area (Å²) in [4.78, 5) is 0. The van der Waals surface area contributed by atoms with Crippen LogP contribution in [0.2, 0.25) is 0 Å². The molecule has 1 unspecified atom stereocenters. The van der Waals surface area contributed by atoms with Gasteiger partial charge in [0, 0.05) is 25.8 Å². The topological polar surface area (TPSA) is 87.7 Å². The van der Waals surface area contributed by atoms with Crippen LogP contribution in [0, 0.1) is 0 Å². The molecule has 0 radical (unpaired) electrons. The summed E-state index contributed by atoms with van der Waals surface area (Å²) in [6.45, 7) is 0.187. The van der Waals surface area contributed by atoms with Crippen molar-refractivity contribution in [3.63, 3.8) is 0 Å². The molecule has 15 heavy (non-hydrogen) atoms. The molecule has 90 valence electrons. The van der Waals surface area contributed by atoms with Gasteiger partial charge in [-0.2, -0.15) is 17.9 Å². The second kappa shape index (κ2) is 5.76. The Bertz CT molecular complexity index is 270. The molecule has 1 aliphatic rings. The summed E-state index contributed by atoms with van der Waals surface area (Å²) < 4.78 is 32.8. The summed E-state index contributed by atoms with van der Waals surface area (Å²) in [6.07, 6.45) is 2.14. The quantitative estimate of drug-likeness (QED) is 0.504. The number of hydrogen-bond acceptors (Lipinski definition) is 4. The first kappa shape index (κ1) is 12.9. The maximum atomic E-state index is 11.5. The van der Waals surface area contributed by atoms with Crippen LogP contribution in [-0.2, 0) is 14.9 Å². The van der Waals surface area contributed by atoms with Gasteiger partial charge in [-0.15, -0.1) is 0 Å². The minimum atomic E-state index is -3.45. The molecule has 0 aliphatic heterocycles. The lowest BCUT2D eigenvalue weighted by molar-refractivity contribution is 0.157. The van der Waals surface area contributed by atoms with Gasteiger partial charge in [-0.3, -0.25) is 0 Å². The molecule has 1 rings (SSSR count). The summed E-state index contributed by atoms with van der Waals surface area (Å²) in [5.74, 6) is 0. The van der Waals surface area contributed by atoms with E-state index < -0.39 is 10.2 Å². The van der Waals surface area contributed by atoms with Gasteiger partial charge in [0.2, 0.25) is 0 Å². The zero-order valence-corrected chi connectivity index (χ0v) is 9.59. The van der Waals surface area contributed by atoms with Crippen LogP contribution < -0.4 is 9.44 Å². The monoisotopic (exact) mass is 238 g/mol. The number of hydrogen-bond donors (Lipinski definition) is 3. The van der Waals surface area contributed by atoms with Crippen molar-refractivity contribution in [2.45, 2.75) is 31.3 Å². The molecule has 0 bridgehead atoms. The van der Waals surface area contributed by atoms with Crippen LogP contribution in [0.15, 0.2) is 0 Å². The van der Waals surface area contributed by atoms with E-state index in [4.69, 9.17) is 9.84 Å². The van der Waals surface area contributed by atoms with Gasteiger partial charge in [0.25, 0.3) is 10.2 Å². The van der Waals surface area contributed by atoms with Gasteiger partial charge >= 0.3 is 0 Å². The number of aliphatic hydroxyl groups is 1. The van der Waals surface area contributed by atoms with E-state index in [9.17, 15) is 8.42 Å². The largest absolute Gasteiger partial charge is 0.396 e. The zero-order chi connectivity index (χ0) is 11.3. The van der Waals surface area contributed by atoms with Gasteiger partial charge in [0.1, 0.15) is 0 Å². The van der Waals surface area contributed by atoms with Crippen LogP contribution in [0.5, 0.6) is 0 Å². The Morgan fingerprint density at radius 3 is 2.67 bits per heavy atom. The van der Waals surface area contributed by atoms with Crippen LogP contribution in [0.1, 0.15) is 19.3 Å². The summed E-state index contributed by atoms with van der Waals surface area (Å²) >= 11 is 0. The highest BCUT2D eigenvalue weighted by Gasteiger charge is 2.28. The normalized spacial score (nSPS) is 19.1. The van der Waals surface area contributed by atoms with E-state index in [1.165, 1.54) is 7.11 Å². The van der Waals surface area contributed by atoms with Crippen molar-refractivity contribution >= 4 is 10.2 Å². The fourth-order valence-electron chi connectivity index (χ4n) is 1.21. The van der Waals surface area contributed by atoms with Gasteiger partial charge in [0.05, 0.1) is 6.61 Å². The highest BCUT2D eigenvalue weighted by Crippen LogP contribution is 2.19. The van der Waals surface area contributed by atoms with Crippen LogP contribution in [-0.4, -0.2) is 45.9 Å². The lowest BCUT2D eigenvalue weighted by atomic mass is 10.2. The summed E-state index contributed by atoms with van der Waals surface area (Å²) in [5.41, 5.74) is 0. The fourth-order valence-corrected chi connectivity index (χ4v) is 2.57. The molecule has 0 spiro atoms. The highest BCUT2D eigenvalue weighted by atomic mass is 32.2. The summed E-state index contributed by atoms with van der Waals surface area (Å²) in [6, 6.07) is -0.295. The molecule has 1 fully saturated rings. The maximum Gasteiger partial charge on any atom is 0.277 e. The molecule has 6 nitrogen and oxygen atoms in total. The summed E-state index contributed by atoms with van der Waals surface area (Å²) in [7, 11) is -1.96. The Hall–Kier alpha value is -0.210. The van der Waals surface area contributed by atoms with Crippen molar-refractivity contribution in [1.82, 2.24) is 9.44 Å². The first-order chi connectivity index (χ1) is 7.07. The lowest BCUT2D eigenvalue weighted by Crippen LogP contribution is -2.45. The minimum absolute atomic E-state index is 0.0695. The van der Waals surface area contributed by atoms with Gasteiger partial charge in [-0.1, -0.05) is 0 Å². The Kier molecular flexibility index (Phi) is 4.94. The molecule has 0 aromatic rings. The third-order valence-corrected chi connectivity index (χ3v) is 3.35. The number of ether oxygens (including phenoxy) is 1. The van der Waals surface area contributed by atoms with E-state index in [1.54, 1.807) is 0 Å². The van der Waals surface area contributed by atoms with E-state index in [2.05, 4.69) is 9.44 Å². The van der Waals surface area contributed by atoms with E-state index in [0.29, 0.717) is 6.42 Å². The second-order valence-corrected chi connectivity index (χ2v) is 5.16. The smallest absolute Gasteiger partial charge is 0.277 e. The van der Waals surface area contributed by atoms with Gasteiger partial charge in [0.15, 0.2) is 0 Å². The SMILES string of the molecule is COCC(CCO)NS(=O)(=O)NC1CC1. The molecule has 0 amide bonds. The Morgan fingerprint density at radius 2 is 2.20 bits per heavy atom. The van der Waals surface area contributed by atoms with E-state index in [0.717, 1.165) is 12.8 Å². The molecule has 3 N–H and O–H groups in total. The zero-order valence-electron chi connectivity index (χ0n) is 8.77.